The van der Waals surface area contributed by atoms with Crippen molar-refractivity contribution in [3.8, 4) is 17.4 Å². The van der Waals surface area contributed by atoms with Gasteiger partial charge in [-0.3, -0.25) is 4.79 Å². The van der Waals surface area contributed by atoms with Crippen molar-refractivity contribution in [2.24, 2.45) is 17.6 Å². The summed E-state index contributed by atoms with van der Waals surface area (Å²) in [5, 5.41) is 2.93. The fraction of sp³-hybridized carbons (Fsp3) is 0.400. The molecule has 28 heavy (non-hydrogen) atoms. The molecule has 8 heteroatoms. The zero-order chi connectivity index (χ0) is 18.5. The maximum Gasteiger partial charge on any atom is 0.227 e. The van der Waals surface area contributed by atoms with Gasteiger partial charge in [0, 0.05) is 12.0 Å². The van der Waals surface area contributed by atoms with Crippen LogP contribution in [0.1, 0.15) is 24.8 Å². The molecule has 1 aliphatic rings. The van der Waals surface area contributed by atoms with Crippen molar-refractivity contribution >= 4 is 36.4 Å². The van der Waals surface area contributed by atoms with E-state index in [0.29, 0.717) is 29.6 Å². The number of benzene rings is 1. The molecule has 2 aromatic rings. The maximum atomic E-state index is 12.4. The van der Waals surface area contributed by atoms with Gasteiger partial charge in [0.25, 0.3) is 0 Å². The summed E-state index contributed by atoms with van der Waals surface area (Å²) < 4.78 is 11.1. The molecule has 0 aliphatic heterocycles. The van der Waals surface area contributed by atoms with Gasteiger partial charge < -0.3 is 20.5 Å². The lowest BCUT2D eigenvalue weighted by atomic mass is 9.95. The quantitative estimate of drug-likeness (QED) is 0.715. The van der Waals surface area contributed by atoms with E-state index < -0.39 is 0 Å². The van der Waals surface area contributed by atoms with Gasteiger partial charge in [0.05, 0.1) is 19.0 Å². The fourth-order valence-electron chi connectivity index (χ4n) is 3.39. The summed E-state index contributed by atoms with van der Waals surface area (Å²) in [5.74, 6) is 1.98. The molecular weight excluding hydrogens is 401 g/mol. The van der Waals surface area contributed by atoms with Gasteiger partial charge >= 0.3 is 0 Å². The van der Waals surface area contributed by atoms with Crippen LogP contribution in [0.25, 0.3) is 0 Å². The van der Waals surface area contributed by atoms with Crippen molar-refractivity contribution in [3.05, 3.63) is 42.1 Å². The number of hydrogen-bond acceptors (Lipinski definition) is 5. The Morgan fingerprint density at radius 1 is 1.21 bits per heavy atom. The molecule has 6 nitrogen and oxygen atoms in total. The number of aryl methyl sites for hydroxylation is 1. The minimum atomic E-state index is -0.00672. The molecule has 0 bridgehead atoms. The van der Waals surface area contributed by atoms with Gasteiger partial charge in [-0.05, 0) is 56.0 Å². The number of nitrogens with one attached hydrogen (secondary N) is 1. The Balaban J connectivity index is 0.00000196. The summed E-state index contributed by atoms with van der Waals surface area (Å²) in [4.78, 5) is 16.7. The molecular formula is C20H27Cl2N3O3. The first-order chi connectivity index (χ1) is 12.6. The second kappa shape index (κ2) is 11.1. The lowest BCUT2D eigenvalue weighted by Gasteiger charge is -2.17. The molecule has 154 valence electrons. The highest BCUT2D eigenvalue weighted by Gasteiger charge is 2.31. The zero-order valence-electron chi connectivity index (χ0n) is 16.0. The molecule has 1 amide bonds. The molecule has 1 aromatic carbocycles. The van der Waals surface area contributed by atoms with Crippen LogP contribution in [-0.2, 0) is 4.79 Å². The number of hydrogen-bond donors (Lipinski definition) is 2. The van der Waals surface area contributed by atoms with E-state index in [1.165, 1.54) is 0 Å². The molecule has 3 rings (SSSR count). The van der Waals surface area contributed by atoms with Crippen molar-refractivity contribution < 1.29 is 14.3 Å². The summed E-state index contributed by atoms with van der Waals surface area (Å²) in [5.41, 5.74) is 7.50. The lowest BCUT2D eigenvalue weighted by molar-refractivity contribution is -0.120. The first kappa shape index (κ1) is 24.0. The number of carbonyl (C=O) groups excluding carboxylic acids is 1. The van der Waals surface area contributed by atoms with E-state index in [2.05, 4.69) is 10.3 Å². The second-order valence-corrected chi connectivity index (χ2v) is 6.66. The summed E-state index contributed by atoms with van der Waals surface area (Å²) >= 11 is 0. The molecule has 0 saturated heterocycles. The van der Waals surface area contributed by atoms with E-state index in [1.54, 1.807) is 25.4 Å². The number of amides is 1. The molecule has 1 heterocycles. The molecule has 3 N–H and O–H groups in total. The van der Waals surface area contributed by atoms with E-state index in [1.807, 2.05) is 25.1 Å². The van der Waals surface area contributed by atoms with E-state index in [9.17, 15) is 4.79 Å². The second-order valence-electron chi connectivity index (χ2n) is 6.66. The number of nitrogens with zero attached hydrogens (tertiary/aromatic N) is 1. The van der Waals surface area contributed by atoms with Crippen LogP contribution in [0, 0.1) is 18.8 Å². The first-order valence-electron chi connectivity index (χ1n) is 8.90. The van der Waals surface area contributed by atoms with Crippen LogP contribution in [0.15, 0.2) is 36.5 Å². The Bertz CT molecular complexity index is 772. The van der Waals surface area contributed by atoms with Crippen molar-refractivity contribution in [2.45, 2.75) is 26.2 Å². The van der Waals surface area contributed by atoms with Gasteiger partial charge in [-0.25, -0.2) is 4.98 Å². The maximum absolute atomic E-state index is 12.4. The average molecular weight is 428 g/mol. The van der Waals surface area contributed by atoms with Crippen LogP contribution in [-0.4, -0.2) is 24.5 Å². The third-order valence-corrected chi connectivity index (χ3v) is 4.84. The average Bonchev–Trinajstić information content (AvgIpc) is 3.13. The standard InChI is InChI=1S/C20H25N3O3.2ClH/c1-13-6-8-17(18(10-13)25-2)26-19-9-7-15(12-22-19)23-20(24)16-5-3-4-14(16)11-21;;/h6-10,12,14,16H,3-5,11,21H2,1-2H3,(H,23,24);2*1H/t14-,16-;;/m1../s1. The van der Waals surface area contributed by atoms with Crippen LogP contribution in [0.4, 0.5) is 5.69 Å². The number of ether oxygens (including phenoxy) is 2. The highest BCUT2D eigenvalue weighted by atomic mass is 35.5. The van der Waals surface area contributed by atoms with Crippen LogP contribution >= 0.6 is 24.8 Å². The van der Waals surface area contributed by atoms with E-state index >= 15 is 0 Å². The van der Waals surface area contributed by atoms with Gasteiger partial charge in [-0.1, -0.05) is 12.5 Å². The van der Waals surface area contributed by atoms with E-state index in [0.717, 1.165) is 24.8 Å². The summed E-state index contributed by atoms with van der Waals surface area (Å²) in [7, 11) is 1.60. The largest absolute Gasteiger partial charge is 0.493 e. The number of anilines is 1. The Morgan fingerprint density at radius 2 is 2.00 bits per heavy atom. The Labute approximate surface area is 178 Å². The van der Waals surface area contributed by atoms with Crippen LogP contribution in [0.2, 0.25) is 0 Å². The van der Waals surface area contributed by atoms with Crippen molar-refractivity contribution in [3.63, 3.8) is 0 Å². The Morgan fingerprint density at radius 3 is 2.64 bits per heavy atom. The minimum Gasteiger partial charge on any atom is -0.493 e. The summed E-state index contributed by atoms with van der Waals surface area (Å²) in [6.45, 7) is 2.54. The summed E-state index contributed by atoms with van der Waals surface area (Å²) in [6, 6.07) is 9.21. The topological polar surface area (TPSA) is 86.5 Å². The molecule has 1 fully saturated rings. The van der Waals surface area contributed by atoms with E-state index in [-0.39, 0.29) is 42.6 Å². The van der Waals surface area contributed by atoms with E-state index in [4.69, 9.17) is 15.2 Å². The summed E-state index contributed by atoms with van der Waals surface area (Å²) in [6.07, 6.45) is 4.58. The smallest absolute Gasteiger partial charge is 0.227 e. The highest BCUT2D eigenvalue weighted by Crippen LogP contribution is 2.33. The van der Waals surface area contributed by atoms with Gasteiger partial charge in [-0.2, -0.15) is 0 Å². The van der Waals surface area contributed by atoms with Crippen molar-refractivity contribution in [1.82, 2.24) is 4.98 Å². The lowest BCUT2D eigenvalue weighted by Crippen LogP contribution is -2.29. The normalized spacial score (nSPS) is 17.8. The molecule has 0 unspecified atom stereocenters. The number of pyridine rings is 1. The number of halogens is 2. The van der Waals surface area contributed by atoms with Gasteiger partial charge in [0.1, 0.15) is 0 Å². The molecule has 0 spiro atoms. The molecule has 1 aromatic heterocycles. The first-order valence-corrected chi connectivity index (χ1v) is 8.90. The van der Waals surface area contributed by atoms with Crippen molar-refractivity contribution in [1.29, 1.82) is 0 Å². The van der Waals surface area contributed by atoms with Crippen LogP contribution in [0.5, 0.6) is 17.4 Å². The van der Waals surface area contributed by atoms with Crippen LogP contribution < -0.4 is 20.5 Å². The van der Waals surface area contributed by atoms with Gasteiger partial charge in [0.2, 0.25) is 11.8 Å². The number of methoxy groups -OCH3 is 1. The zero-order valence-corrected chi connectivity index (χ0v) is 17.6. The van der Waals surface area contributed by atoms with Crippen LogP contribution in [0.3, 0.4) is 0 Å². The van der Waals surface area contributed by atoms with Gasteiger partial charge in [0.15, 0.2) is 11.5 Å². The highest BCUT2D eigenvalue weighted by molar-refractivity contribution is 5.92. The third-order valence-electron chi connectivity index (χ3n) is 4.84. The van der Waals surface area contributed by atoms with Gasteiger partial charge in [-0.15, -0.1) is 24.8 Å². The SMILES string of the molecule is COc1cc(C)ccc1Oc1ccc(NC(=O)[C@@H]2CCC[C@@H]2CN)cn1.Cl.Cl. The predicted molar refractivity (Wildman–Crippen MR) is 115 cm³/mol. The number of aromatic nitrogens is 1. The predicted octanol–water partition coefficient (Wildman–Crippen LogP) is 4.35. The Kier molecular flexibility index (Phi) is 9.52. The minimum absolute atomic E-state index is 0. The fourth-order valence-corrected chi connectivity index (χ4v) is 3.39. The number of nitrogens with two attached hydrogens (primary N) is 1. The third kappa shape index (κ3) is 5.74. The molecule has 1 saturated carbocycles. The monoisotopic (exact) mass is 427 g/mol. The number of carbonyl (C=O) groups is 1. The number of rotatable bonds is 6. The van der Waals surface area contributed by atoms with Crippen molar-refractivity contribution in [2.75, 3.05) is 19.0 Å². The molecule has 2 atom stereocenters. The molecule has 1 aliphatic carbocycles. The molecule has 0 radical (unpaired) electrons. The Hall–Kier alpha value is -2.02.